The molecule has 5 nitrogen and oxygen atoms in total. The molecular weight excluding hydrogens is 328 g/mol. The number of hydrogen-bond acceptors (Lipinski definition) is 4. The molecule has 0 saturated heterocycles. The number of methoxy groups -OCH3 is 2. The fraction of sp³-hybridized carbons (Fsp3) is 0.429. The van der Waals surface area contributed by atoms with E-state index in [1.54, 1.807) is 20.3 Å². The van der Waals surface area contributed by atoms with Crippen molar-refractivity contribution in [1.82, 2.24) is 4.98 Å². The van der Waals surface area contributed by atoms with Crippen LogP contribution in [-0.2, 0) is 10.2 Å². The molecule has 1 N–H and O–H groups in total. The molecule has 2 aromatic rings. The van der Waals surface area contributed by atoms with Crippen LogP contribution in [0.25, 0.3) is 0 Å². The minimum absolute atomic E-state index is 0.0393. The van der Waals surface area contributed by atoms with Gasteiger partial charge in [-0.3, -0.25) is 4.79 Å². The average Bonchev–Trinajstić information content (AvgIpc) is 2.70. The van der Waals surface area contributed by atoms with Crippen molar-refractivity contribution in [2.24, 2.45) is 0 Å². The second-order valence-electron chi connectivity index (χ2n) is 6.81. The maximum absolute atomic E-state index is 13.3. The molecule has 5 heteroatoms. The van der Waals surface area contributed by atoms with Crippen LogP contribution in [0.2, 0.25) is 0 Å². The number of aryl methyl sites for hydroxylation is 1. The molecule has 0 unspecified atom stereocenters. The molecule has 0 radical (unpaired) electrons. The number of aromatic nitrogens is 1. The Kier molecular flexibility index (Phi) is 5.45. The van der Waals surface area contributed by atoms with Crippen molar-refractivity contribution in [3.05, 3.63) is 47.7 Å². The van der Waals surface area contributed by atoms with Crippen molar-refractivity contribution in [2.75, 3.05) is 19.5 Å². The van der Waals surface area contributed by atoms with Gasteiger partial charge in [-0.25, -0.2) is 4.98 Å². The molecule has 138 valence electrons. The first-order chi connectivity index (χ1) is 12.6. The highest BCUT2D eigenvalue weighted by Crippen LogP contribution is 2.41. The Bertz CT molecular complexity index is 765. The Labute approximate surface area is 154 Å². The molecule has 0 bridgehead atoms. The molecule has 26 heavy (non-hydrogen) atoms. The van der Waals surface area contributed by atoms with E-state index < -0.39 is 5.41 Å². The summed E-state index contributed by atoms with van der Waals surface area (Å²) in [5.74, 6) is 1.38. The Hall–Kier alpha value is -2.56. The Morgan fingerprint density at radius 2 is 1.69 bits per heavy atom. The van der Waals surface area contributed by atoms with Crippen LogP contribution in [0.4, 0.5) is 5.69 Å². The molecule has 3 rings (SSSR count). The lowest BCUT2D eigenvalue weighted by molar-refractivity contribution is -0.122. The summed E-state index contributed by atoms with van der Waals surface area (Å²) in [5.41, 5.74) is 2.03. The smallest absolute Gasteiger partial charge is 0.235 e. The van der Waals surface area contributed by atoms with E-state index in [0.717, 1.165) is 48.4 Å². The monoisotopic (exact) mass is 354 g/mol. The number of benzene rings is 1. The summed E-state index contributed by atoms with van der Waals surface area (Å²) in [6.45, 7) is 1.87. The highest BCUT2D eigenvalue weighted by atomic mass is 16.5. The Morgan fingerprint density at radius 3 is 2.27 bits per heavy atom. The quantitative estimate of drug-likeness (QED) is 0.872. The normalized spacial score (nSPS) is 16.0. The lowest BCUT2D eigenvalue weighted by Crippen LogP contribution is -2.42. The maximum atomic E-state index is 13.3. The first kappa shape index (κ1) is 18.2. The number of rotatable bonds is 5. The third-order valence-electron chi connectivity index (χ3n) is 5.30. The van der Waals surface area contributed by atoms with Gasteiger partial charge in [-0.1, -0.05) is 31.4 Å². The minimum Gasteiger partial charge on any atom is -0.497 e. The number of nitrogens with one attached hydrogen (secondary N) is 1. The van der Waals surface area contributed by atoms with Gasteiger partial charge in [0.2, 0.25) is 11.8 Å². The third kappa shape index (κ3) is 3.52. The fourth-order valence-electron chi connectivity index (χ4n) is 3.74. The number of nitrogens with zero attached hydrogens (tertiary/aromatic N) is 1. The van der Waals surface area contributed by atoms with Crippen LogP contribution >= 0.6 is 0 Å². The lowest BCUT2D eigenvalue weighted by Gasteiger charge is -2.36. The fourth-order valence-corrected chi connectivity index (χ4v) is 3.74. The molecule has 1 aromatic carbocycles. The summed E-state index contributed by atoms with van der Waals surface area (Å²) in [4.78, 5) is 17.7. The summed E-state index contributed by atoms with van der Waals surface area (Å²) in [6, 6.07) is 11.5. The molecule has 1 aliphatic rings. The van der Waals surface area contributed by atoms with E-state index in [0.29, 0.717) is 5.88 Å². The molecular formula is C21H26N2O3. The van der Waals surface area contributed by atoms with E-state index in [2.05, 4.69) is 10.3 Å². The van der Waals surface area contributed by atoms with Gasteiger partial charge >= 0.3 is 0 Å². The van der Waals surface area contributed by atoms with E-state index in [1.165, 1.54) is 6.42 Å². The number of ether oxygens (including phenoxy) is 2. The Balaban J connectivity index is 1.90. The molecule has 1 heterocycles. The molecule has 1 amide bonds. The number of carbonyl (C=O) groups excluding carboxylic acids is 1. The molecule has 1 saturated carbocycles. The average molecular weight is 354 g/mol. The molecule has 0 aliphatic heterocycles. The zero-order chi connectivity index (χ0) is 18.6. The number of carbonyl (C=O) groups is 1. The highest BCUT2D eigenvalue weighted by molar-refractivity contribution is 5.99. The largest absolute Gasteiger partial charge is 0.497 e. The van der Waals surface area contributed by atoms with Gasteiger partial charge in [-0.15, -0.1) is 0 Å². The van der Waals surface area contributed by atoms with Gasteiger partial charge in [0.15, 0.2) is 0 Å². The van der Waals surface area contributed by atoms with Crippen LogP contribution in [0, 0.1) is 6.92 Å². The van der Waals surface area contributed by atoms with Gasteiger partial charge in [0.1, 0.15) is 5.75 Å². The van der Waals surface area contributed by atoms with Crippen molar-refractivity contribution >= 4 is 11.6 Å². The predicted octanol–water partition coefficient (Wildman–Crippen LogP) is 4.25. The van der Waals surface area contributed by atoms with Gasteiger partial charge in [0.05, 0.1) is 31.0 Å². The van der Waals surface area contributed by atoms with E-state index in [4.69, 9.17) is 9.47 Å². The van der Waals surface area contributed by atoms with E-state index in [9.17, 15) is 4.79 Å². The van der Waals surface area contributed by atoms with Crippen molar-refractivity contribution in [2.45, 2.75) is 44.4 Å². The zero-order valence-electron chi connectivity index (χ0n) is 15.7. The van der Waals surface area contributed by atoms with Crippen molar-refractivity contribution in [1.29, 1.82) is 0 Å². The molecule has 1 fully saturated rings. The second-order valence-corrected chi connectivity index (χ2v) is 6.81. The SMILES string of the molecule is COc1ccc(C2(C(=O)Nc3ccc(OC)nc3C)CCCCC2)cc1. The lowest BCUT2D eigenvalue weighted by atomic mass is 9.68. The van der Waals surface area contributed by atoms with Crippen molar-refractivity contribution < 1.29 is 14.3 Å². The molecule has 1 aliphatic carbocycles. The first-order valence-corrected chi connectivity index (χ1v) is 9.07. The van der Waals surface area contributed by atoms with Crippen LogP contribution in [0.1, 0.15) is 43.4 Å². The van der Waals surface area contributed by atoms with Gasteiger partial charge in [0, 0.05) is 6.07 Å². The summed E-state index contributed by atoms with van der Waals surface area (Å²) in [5, 5.41) is 3.11. The standard InChI is InChI=1S/C21H26N2O3/c1-15-18(11-12-19(22-15)26-3)23-20(24)21(13-5-4-6-14-21)16-7-9-17(25-2)10-8-16/h7-12H,4-6,13-14H2,1-3H3,(H,23,24). The summed E-state index contributed by atoms with van der Waals surface area (Å²) < 4.78 is 10.4. The summed E-state index contributed by atoms with van der Waals surface area (Å²) in [6.07, 6.45) is 4.99. The predicted molar refractivity (Wildman–Crippen MR) is 102 cm³/mol. The highest BCUT2D eigenvalue weighted by Gasteiger charge is 2.41. The van der Waals surface area contributed by atoms with Crippen LogP contribution in [0.15, 0.2) is 36.4 Å². The number of pyridine rings is 1. The molecule has 1 aromatic heterocycles. The van der Waals surface area contributed by atoms with Crippen LogP contribution < -0.4 is 14.8 Å². The minimum atomic E-state index is -0.503. The summed E-state index contributed by atoms with van der Waals surface area (Å²) in [7, 11) is 3.23. The van der Waals surface area contributed by atoms with E-state index in [1.807, 2.05) is 37.3 Å². The summed E-state index contributed by atoms with van der Waals surface area (Å²) >= 11 is 0. The Morgan fingerprint density at radius 1 is 1.00 bits per heavy atom. The van der Waals surface area contributed by atoms with Gasteiger partial charge in [-0.2, -0.15) is 0 Å². The van der Waals surface area contributed by atoms with E-state index in [-0.39, 0.29) is 5.91 Å². The van der Waals surface area contributed by atoms with Crippen molar-refractivity contribution in [3.63, 3.8) is 0 Å². The first-order valence-electron chi connectivity index (χ1n) is 9.07. The van der Waals surface area contributed by atoms with Crippen LogP contribution in [-0.4, -0.2) is 25.1 Å². The van der Waals surface area contributed by atoms with Crippen LogP contribution in [0.5, 0.6) is 11.6 Å². The number of hydrogen-bond donors (Lipinski definition) is 1. The van der Waals surface area contributed by atoms with Crippen molar-refractivity contribution in [3.8, 4) is 11.6 Å². The number of amides is 1. The molecule has 0 atom stereocenters. The van der Waals surface area contributed by atoms with Gasteiger partial charge in [-0.05, 0) is 43.5 Å². The van der Waals surface area contributed by atoms with E-state index >= 15 is 0 Å². The number of anilines is 1. The maximum Gasteiger partial charge on any atom is 0.235 e. The second kappa shape index (κ2) is 7.77. The topological polar surface area (TPSA) is 60.5 Å². The van der Waals surface area contributed by atoms with Gasteiger partial charge in [0.25, 0.3) is 0 Å². The zero-order valence-corrected chi connectivity index (χ0v) is 15.7. The molecule has 0 spiro atoms. The third-order valence-corrected chi connectivity index (χ3v) is 5.30. The van der Waals surface area contributed by atoms with Crippen LogP contribution in [0.3, 0.4) is 0 Å². The van der Waals surface area contributed by atoms with Gasteiger partial charge < -0.3 is 14.8 Å².